The van der Waals surface area contributed by atoms with Crippen molar-refractivity contribution < 1.29 is 23.4 Å². The van der Waals surface area contributed by atoms with Crippen LogP contribution in [-0.4, -0.2) is 23.3 Å². The Bertz CT molecular complexity index is 580. The summed E-state index contributed by atoms with van der Waals surface area (Å²) in [5.41, 5.74) is 0.493. The Kier molecular flexibility index (Phi) is 12.7. The van der Waals surface area contributed by atoms with Crippen LogP contribution >= 0.6 is 0 Å². The topological polar surface area (TPSA) is 38.7 Å². The van der Waals surface area contributed by atoms with Crippen LogP contribution in [0.25, 0.3) is 0 Å². The predicted octanol–water partition coefficient (Wildman–Crippen LogP) is 7.15. The maximum Gasteiger partial charge on any atom is 0.283 e. The fraction of sp³-hybridized carbons (Fsp3) is 0.760. The Morgan fingerprint density at radius 2 is 1.43 bits per heavy atom. The molecule has 0 aliphatic carbocycles. The lowest BCUT2D eigenvalue weighted by Gasteiger charge is -2.38. The molecule has 0 spiro atoms. The van der Waals surface area contributed by atoms with Crippen LogP contribution in [0.3, 0.4) is 0 Å². The van der Waals surface area contributed by atoms with Crippen LogP contribution in [-0.2, 0) is 15.9 Å². The molecule has 0 saturated heterocycles. The molecule has 0 heterocycles. The maximum absolute atomic E-state index is 14.0. The van der Waals surface area contributed by atoms with E-state index in [0.717, 1.165) is 25.3 Å². The molecule has 3 nitrogen and oxygen atoms in total. The van der Waals surface area contributed by atoms with Crippen molar-refractivity contribution >= 4 is 0 Å². The van der Waals surface area contributed by atoms with Crippen LogP contribution < -0.4 is 0 Å². The number of aryl methyl sites for hydroxylation is 1. The molecule has 0 radical (unpaired) electrons. The third kappa shape index (κ3) is 10.3. The van der Waals surface area contributed by atoms with Gasteiger partial charge < -0.3 is 14.6 Å². The molecular weight excluding hydrogens is 386 g/mol. The SMILES string of the molecule is CCCCCCCCC(CCCc1ccc(F)cc1F)C(O)(OC(C)C)OC(C)C. The minimum absolute atomic E-state index is 0.185. The van der Waals surface area contributed by atoms with Crippen LogP contribution in [0, 0.1) is 17.6 Å². The van der Waals surface area contributed by atoms with Crippen molar-refractivity contribution in [2.75, 3.05) is 0 Å². The van der Waals surface area contributed by atoms with E-state index in [1.165, 1.54) is 37.8 Å². The summed E-state index contributed by atoms with van der Waals surface area (Å²) in [5, 5.41) is 11.3. The van der Waals surface area contributed by atoms with E-state index in [1.807, 2.05) is 27.7 Å². The van der Waals surface area contributed by atoms with Gasteiger partial charge in [-0.3, -0.25) is 0 Å². The lowest BCUT2D eigenvalue weighted by atomic mass is 9.91. The van der Waals surface area contributed by atoms with E-state index in [-0.39, 0.29) is 18.1 Å². The van der Waals surface area contributed by atoms with E-state index in [4.69, 9.17) is 9.47 Å². The molecule has 1 rings (SSSR count). The monoisotopic (exact) mass is 428 g/mol. The molecule has 0 saturated carbocycles. The predicted molar refractivity (Wildman–Crippen MR) is 118 cm³/mol. The first-order valence-electron chi connectivity index (χ1n) is 11.7. The first-order chi connectivity index (χ1) is 14.2. The molecule has 5 heteroatoms. The molecule has 0 aromatic heterocycles. The molecule has 0 aliphatic rings. The largest absolute Gasteiger partial charge is 0.343 e. The van der Waals surface area contributed by atoms with Gasteiger partial charge in [0.25, 0.3) is 5.97 Å². The molecule has 1 N–H and O–H groups in total. The van der Waals surface area contributed by atoms with Gasteiger partial charge in [0.1, 0.15) is 11.6 Å². The van der Waals surface area contributed by atoms with Crippen LogP contribution in [0.2, 0.25) is 0 Å². The molecule has 0 aliphatic heterocycles. The summed E-state index contributed by atoms with van der Waals surface area (Å²) in [7, 11) is 0. The number of benzene rings is 1. The van der Waals surface area contributed by atoms with Gasteiger partial charge in [0.2, 0.25) is 0 Å². The van der Waals surface area contributed by atoms with E-state index < -0.39 is 17.6 Å². The molecular formula is C25H42F2O3. The highest BCUT2D eigenvalue weighted by atomic mass is 19.1. The Morgan fingerprint density at radius 1 is 0.867 bits per heavy atom. The molecule has 1 aromatic rings. The van der Waals surface area contributed by atoms with Crippen molar-refractivity contribution in [1.82, 2.24) is 0 Å². The van der Waals surface area contributed by atoms with Gasteiger partial charge in [0, 0.05) is 12.0 Å². The number of halogens is 2. The molecule has 0 amide bonds. The number of hydrogen-bond donors (Lipinski definition) is 1. The number of hydrogen-bond acceptors (Lipinski definition) is 3. The van der Waals surface area contributed by atoms with Gasteiger partial charge in [-0.25, -0.2) is 8.78 Å². The second-order valence-electron chi connectivity index (χ2n) is 8.85. The van der Waals surface area contributed by atoms with Crippen molar-refractivity contribution in [3.8, 4) is 0 Å². The van der Waals surface area contributed by atoms with Gasteiger partial charge in [-0.15, -0.1) is 0 Å². The number of unbranched alkanes of at least 4 members (excludes halogenated alkanes) is 5. The fourth-order valence-corrected chi connectivity index (χ4v) is 3.84. The summed E-state index contributed by atoms with van der Waals surface area (Å²) < 4.78 is 38.8. The summed E-state index contributed by atoms with van der Waals surface area (Å²) >= 11 is 0. The standard InChI is InChI=1S/C25H42F2O3/c1-6-7-8-9-10-11-14-22(25(28,29-19(2)3)30-20(4)5)15-12-13-21-16-17-23(26)18-24(21)27/h16-20,22,28H,6-15H2,1-5H3. The zero-order valence-electron chi connectivity index (χ0n) is 19.6. The van der Waals surface area contributed by atoms with Gasteiger partial charge in [0.15, 0.2) is 0 Å². The quantitative estimate of drug-likeness (QED) is 0.224. The fourth-order valence-electron chi connectivity index (χ4n) is 3.84. The summed E-state index contributed by atoms with van der Waals surface area (Å²) in [5.74, 6) is -2.96. The lowest BCUT2D eigenvalue weighted by molar-refractivity contribution is -0.407. The van der Waals surface area contributed by atoms with Crippen LogP contribution in [0.15, 0.2) is 18.2 Å². The Morgan fingerprint density at radius 3 is 2.00 bits per heavy atom. The zero-order chi connectivity index (χ0) is 22.6. The zero-order valence-corrected chi connectivity index (χ0v) is 19.6. The minimum atomic E-state index is -1.66. The van der Waals surface area contributed by atoms with E-state index >= 15 is 0 Å². The Balaban J connectivity index is 2.78. The summed E-state index contributed by atoms with van der Waals surface area (Å²) in [6.07, 6.45) is 9.20. The molecule has 1 unspecified atom stereocenters. The summed E-state index contributed by atoms with van der Waals surface area (Å²) in [6.45, 7) is 9.72. The van der Waals surface area contributed by atoms with E-state index in [2.05, 4.69) is 6.92 Å². The van der Waals surface area contributed by atoms with Crippen molar-refractivity contribution in [2.24, 2.45) is 5.92 Å². The van der Waals surface area contributed by atoms with E-state index in [9.17, 15) is 13.9 Å². The molecule has 30 heavy (non-hydrogen) atoms. The number of rotatable bonds is 16. The van der Waals surface area contributed by atoms with E-state index in [0.29, 0.717) is 24.8 Å². The minimum Gasteiger partial charge on any atom is -0.343 e. The summed E-state index contributed by atoms with van der Waals surface area (Å²) in [6, 6.07) is 3.70. The van der Waals surface area contributed by atoms with Crippen molar-refractivity contribution in [2.45, 2.75) is 117 Å². The normalized spacial score (nSPS) is 13.4. The second-order valence-corrected chi connectivity index (χ2v) is 8.85. The molecule has 0 fully saturated rings. The van der Waals surface area contributed by atoms with Gasteiger partial charge in [-0.05, 0) is 65.0 Å². The smallest absolute Gasteiger partial charge is 0.283 e. The average Bonchev–Trinajstić information content (AvgIpc) is 2.63. The van der Waals surface area contributed by atoms with Crippen LogP contribution in [0.4, 0.5) is 8.78 Å². The van der Waals surface area contributed by atoms with Gasteiger partial charge >= 0.3 is 0 Å². The highest BCUT2D eigenvalue weighted by molar-refractivity contribution is 5.18. The molecule has 0 bridgehead atoms. The second kappa shape index (κ2) is 14.1. The first-order valence-corrected chi connectivity index (χ1v) is 11.7. The van der Waals surface area contributed by atoms with Crippen molar-refractivity contribution in [1.29, 1.82) is 0 Å². The molecule has 1 aromatic carbocycles. The summed E-state index contributed by atoms with van der Waals surface area (Å²) in [4.78, 5) is 0. The van der Waals surface area contributed by atoms with E-state index in [1.54, 1.807) is 0 Å². The maximum atomic E-state index is 14.0. The van der Waals surface area contributed by atoms with Crippen molar-refractivity contribution in [3.05, 3.63) is 35.4 Å². The number of ether oxygens (including phenoxy) is 2. The molecule has 174 valence electrons. The number of aliphatic hydroxyl groups is 1. The van der Waals surface area contributed by atoms with Gasteiger partial charge in [-0.2, -0.15) is 0 Å². The van der Waals surface area contributed by atoms with Gasteiger partial charge in [-0.1, -0.05) is 51.5 Å². The first kappa shape index (κ1) is 27.0. The van der Waals surface area contributed by atoms with Crippen LogP contribution in [0.5, 0.6) is 0 Å². The van der Waals surface area contributed by atoms with Crippen molar-refractivity contribution in [3.63, 3.8) is 0 Å². The third-order valence-electron chi connectivity index (χ3n) is 5.24. The average molecular weight is 429 g/mol. The van der Waals surface area contributed by atoms with Gasteiger partial charge in [0.05, 0.1) is 12.2 Å². The lowest BCUT2D eigenvalue weighted by Crippen LogP contribution is -2.47. The highest BCUT2D eigenvalue weighted by Gasteiger charge is 2.40. The Labute approximate surface area is 182 Å². The Hall–Kier alpha value is -1.04. The third-order valence-corrected chi connectivity index (χ3v) is 5.24. The highest BCUT2D eigenvalue weighted by Crippen LogP contribution is 2.33. The molecule has 1 atom stereocenters. The van der Waals surface area contributed by atoms with Crippen LogP contribution in [0.1, 0.15) is 98.0 Å².